The number of anilines is 1. The summed E-state index contributed by atoms with van der Waals surface area (Å²) in [6, 6.07) is 6.66. The molecule has 1 atom stereocenters. The van der Waals surface area contributed by atoms with Crippen molar-refractivity contribution in [1.82, 2.24) is 5.32 Å². The Balaban J connectivity index is 2.44. The lowest BCUT2D eigenvalue weighted by Crippen LogP contribution is -2.40. The number of benzene rings is 1. The number of rotatable bonds is 2. The molecule has 0 aromatic heterocycles. The second-order valence-corrected chi connectivity index (χ2v) is 3.64. The first kappa shape index (κ1) is 10.1. The van der Waals surface area contributed by atoms with E-state index in [0.29, 0.717) is 13.0 Å². The van der Waals surface area contributed by atoms with Gasteiger partial charge in [-0.25, -0.2) is 0 Å². The molecular formula is C10H9ClN2O2. The van der Waals surface area contributed by atoms with Gasteiger partial charge >= 0.3 is 0 Å². The maximum absolute atomic E-state index is 11.3. The highest BCUT2D eigenvalue weighted by atomic mass is 35.5. The summed E-state index contributed by atoms with van der Waals surface area (Å²) in [4.78, 5) is 21.8. The Bertz CT molecular complexity index is 408. The molecule has 15 heavy (non-hydrogen) atoms. The van der Waals surface area contributed by atoms with Crippen molar-refractivity contribution in [3.63, 3.8) is 0 Å². The van der Waals surface area contributed by atoms with Crippen LogP contribution in [0.15, 0.2) is 24.3 Å². The second-order valence-electron chi connectivity index (χ2n) is 3.24. The molecule has 0 saturated carbocycles. The molecule has 0 fully saturated rings. The van der Waals surface area contributed by atoms with Gasteiger partial charge in [0.05, 0.1) is 12.4 Å². The molecule has 0 radical (unpaired) electrons. The Morgan fingerprint density at radius 3 is 3.00 bits per heavy atom. The average molecular weight is 225 g/mol. The number of carbonyl (C=O) groups excluding carboxylic acids is 2. The van der Waals surface area contributed by atoms with Gasteiger partial charge in [-0.05, 0) is 6.07 Å². The van der Waals surface area contributed by atoms with Crippen LogP contribution >= 0.6 is 11.8 Å². The molecule has 0 aliphatic carbocycles. The molecule has 0 amide bonds. The molecule has 0 saturated heterocycles. The van der Waals surface area contributed by atoms with Gasteiger partial charge in [0.2, 0.25) is 5.78 Å². The lowest BCUT2D eigenvalue weighted by Gasteiger charge is -2.30. The van der Waals surface area contributed by atoms with Crippen molar-refractivity contribution in [2.24, 2.45) is 0 Å². The minimum Gasteiger partial charge on any atom is -0.295 e. The fraction of sp³-hybridized carbons (Fsp3) is 0.200. The predicted molar refractivity (Wildman–Crippen MR) is 56.6 cm³/mol. The minimum atomic E-state index is -0.575. The van der Waals surface area contributed by atoms with Gasteiger partial charge in [-0.1, -0.05) is 18.2 Å². The van der Waals surface area contributed by atoms with E-state index in [2.05, 4.69) is 5.32 Å². The van der Waals surface area contributed by atoms with Crippen LogP contribution in [0, 0.1) is 0 Å². The van der Waals surface area contributed by atoms with E-state index >= 15 is 0 Å². The standard InChI is InChI=1S/C10H9ClN2O2/c11-13-6-12-10(9(15)5-14)7-3-1-2-4-8(7)13/h1-5,10,12H,6H2. The molecule has 1 aromatic rings. The Labute approximate surface area is 91.9 Å². The predicted octanol–water partition coefficient (Wildman–Crippen LogP) is 1.02. The van der Waals surface area contributed by atoms with Gasteiger partial charge in [-0.15, -0.1) is 0 Å². The number of hydrogen-bond donors (Lipinski definition) is 1. The third kappa shape index (κ3) is 1.73. The average Bonchev–Trinajstić information content (AvgIpc) is 2.29. The third-order valence-electron chi connectivity index (χ3n) is 2.34. The van der Waals surface area contributed by atoms with Gasteiger partial charge in [-0.3, -0.25) is 19.3 Å². The largest absolute Gasteiger partial charge is 0.295 e. The third-order valence-corrected chi connectivity index (χ3v) is 2.65. The van der Waals surface area contributed by atoms with Crippen molar-refractivity contribution in [2.45, 2.75) is 6.04 Å². The summed E-state index contributed by atoms with van der Waals surface area (Å²) in [5.41, 5.74) is 1.49. The SMILES string of the molecule is O=CC(=O)C1NCN(Cl)c2ccccc21. The van der Waals surface area contributed by atoms with Crippen molar-refractivity contribution >= 4 is 29.5 Å². The first-order valence-electron chi connectivity index (χ1n) is 4.48. The maximum Gasteiger partial charge on any atom is 0.216 e. The number of carbonyl (C=O) groups is 2. The number of nitrogens with one attached hydrogen (secondary N) is 1. The molecule has 1 aliphatic heterocycles. The number of hydrogen-bond acceptors (Lipinski definition) is 4. The van der Waals surface area contributed by atoms with Gasteiger partial charge in [-0.2, -0.15) is 0 Å². The Morgan fingerprint density at radius 1 is 1.53 bits per heavy atom. The molecule has 4 nitrogen and oxygen atoms in total. The first-order chi connectivity index (χ1) is 7.24. The molecule has 1 N–H and O–H groups in total. The van der Waals surface area contributed by atoms with Crippen LogP contribution in [0.1, 0.15) is 11.6 Å². The molecular weight excluding hydrogens is 216 g/mol. The van der Waals surface area contributed by atoms with E-state index in [4.69, 9.17) is 11.8 Å². The Morgan fingerprint density at radius 2 is 2.27 bits per heavy atom. The van der Waals surface area contributed by atoms with Crippen LogP contribution in [0.5, 0.6) is 0 Å². The van der Waals surface area contributed by atoms with Crippen LogP contribution in [0.4, 0.5) is 5.69 Å². The van der Waals surface area contributed by atoms with Gasteiger partial charge in [0.1, 0.15) is 6.04 Å². The Hall–Kier alpha value is -1.39. The van der Waals surface area contributed by atoms with E-state index in [0.717, 1.165) is 11.3 Å². The van der Waals surface area contributed by atoms with Crippen LogP contribution in [0.3, 0.4) is 0 Å². The van der Waals surface area contributed by atoms with Crippen LogP contribution in [0.25, 0.3) is 0 Å². The summed E-state index contributed by atoms with van der Waals surface area (Å²) in [6.45, 7) is 0.336. The van der Waals surface area contributed by atoms with Crippen molar-refractivity contribution < 1.29 is 9.59 Å². The molecule has 0 bridgehead atoms. The topological polar surface area (TPSA) is 49.4 Å². The number of ketones is 1. The van der Waals surface area contributed by atoms with Gasteiger partial charge in [0, 0.05) is 17.3 Å². The number of aldehydes is 1. The molecule has 78 valence electrons. The highest BCUT2D eigenvalue weighted by molar-refractivity contribution is 6.29. The lowest BCUT2D eigenvalue weighted by molar-refractivity contribution is -0.131. The van der Waals surface area contributed by atoms with Crippen LogP contribution < -0.4 is 9.74 Å². The van der Waals surface area contributed by atoms with Crippen molar-refractivity contribution in [2.75, 3.05) is 11.1 Å². The fourth-order valence-corrected chi connectivity index (χ4v) is 1.86. The van der Waals surface area contributed by atoms with Crippen molar-refractivity contribution in [3.05, 3.63) is 29.8 Å². The summed E-state index contributed by atoms with van der Waals surface area (Å²) in [7, 11) is 0. The van der Waals surface area contributed by atoms with E-state index in [9.17, 15) is 9.59 Å². The second kappa shape index (κ2) is 4.00. The van der Waals surface area contributed by atoms with E-state index in [1.54, 1.807) is 6.07 Å². The summed E-state index contributed by atoms with van der Waals surface area (Å²) < 4.78 is 1.48. The normalized spacial score (nSPS) is 19.5. The zero-order valence-electron chi connectivity index (χ0n) is 7.81. The fourth-order valence-electron chi connectivity index (χ4n) is 1.64. The van der Waals surface area contributed by atoms with E-state index in [1.165, 1.54) is 4.42 Å². The zero-order valence-corrected chi connectivity index (χ0v) is 8.57. The summed E-state index contributed by atoms with van der Waals surface area (Å²) >= 11 is 5.93. The summed E-state index contributed by atoms with van der Waals surface area (Å²) in [5, 5.41) is 2.89. The van der Waals surface area contributed by atoms with Crippen molar-refractivity contribution in [1.29, 1.82) is 0 Å². The molecule has 0 spiro atoms. The molecule has 1 aliphatic rings. The smallest absolute Gasteiger partial charge is 0.216 e. The van der Waals surface area contributed by atoms with Crippen LogP contribution in [-0.2, 0) is 9.59 Å². The molecule has 1 unspecified atom stereocenters. The van der Waals surface area contributed by atoms with Crippen LogP contribution in [0.2, 0.25) is 0 Å². The monoisotopic (exact) mass is 224 g/mol. The minimum absolute atomic E-state index is 0.332. The van der Waals surface area contributed by atoms with Gasteiger partial charge < -0.3 is 0 Å². The lowest BCUT2D eigenvalue weighted by atomic mass is 10.00. The quantitative estimate of drug-likeness (QED) is 0.463. The number of fused-ring (bicyclic) bond motifs is 1. The highest BCUT2D eigenvalue weighted by Gasteiger charge is 2.28. The van der Waals surface area contributed by atoms with Crippen LogP contribution in [-0.4, -0.2) is 18.7 Å². The summed E-state index contributed by atoms with van der Waals surface area (Å²) in [5.74, 6) is -0.479. The Kier molecular flexibility index (Phi) is 2.70. The van der Waals surface area contributed by atoms with Gasteiger partial charge in [0.15, 0.2) is 6.29 Å². The summed E-state index contributed by atoms with van der Waals surface area (Å²) in [6.07, 6.45) is 0.332. The number of para-hydroxylation sites is 1. The molecule has 1 aromatic carbocycles. The van der Waals surface area contributed by atoms with E-state index in [1.807, 2.05) is 18.2 Å². The number of halogens is 1. The molecule has 2 rings (SSSR count). The molecule has 1 heterocycles. The molecule has 5 heteroatoms. The maximum atomic E-state index is 11.3. The highest BCUT2D eigenvalue weighted by Crippen LogP contribution is 2.31. The van der Waals surface area contributed by atoms with Gasteiger partial charge in [0.25, 0.3) is 0 Å². The van der Waals surface area contributed by atoms with E-state index < -0.39 is 11.8 Å². The number of nitrogens with zero attached hydrogens (tertiary/aromatic N) is 1. The van der Waals surface area contributed by atoms with Crippen molar-refractivity contribution in [3.8, 4) is 0 Å². The first-order valence-corrected chi connectivity index (χ1v) is 4.82. The number of Topliss-reactive ketones (excluding diaryl/α,β-unsaturated/α-hetero) is 1. The zero-order chi connectivity index (χ0) is 10.8. The van der Waals surface area contributed by atoms with E-state index in [-0.39, 0.29) is 0 Å².